The summed E-state index contributed by atoms with van der Waals surface area (Å²) in [6.45, 7) is 0.961. The van der Waals surface area contributed by atoms with Gasteiger partial charge in [0, 0.05) is 24.4 Å². The number of amides is 1. The number of nitrogens with one attached hydrogen (secondary N) is 1. The van der Waals surface area contributed by atoms with E-state index in [9.17, 15) is 4.79 Å². The number of nitrogens with zero attached hydrogens (tertiary/aromatic N) is 3. The highest BCUT2D eigenvalue weighted by Crippen LogP contribution is 2.13. The molecule has 24 heavy (non-hydrogen) atoms. The highest BCUT2D eigenvalue weighted by Gasteiger charge is 2.09. The maximum absolute atomic E-state index is 11.7. The highest BCUT2D eigenvalue weighted by atomic mass is 35.5. The first-order valence-electron chi connectivity index (χ1n) is 7.49. The third-order valence-electron chi connectivity index (χ3n) is 3.20. The van der Waals surface area contributed by atoms with Crippen molar-refractivity contribution in [3.8, 4) is 11.4 Å². The van der Waals surface area contributed by atoms with E-state index in [2.05, 4.69) is 20.4 Å². The lowest BCUT2D eigenvalue weighted by Gasteiger charge is -2.02. The standard InChI is InChI=1S/C15H21N5O2.2ClH/c16-8-4-2-1-3-5-13(21)18-11-14-19-15(20-22-14)12-6-9-17-10-7-12;;/h6-7,9-10H,1-5,8,11,16H2,(H,18,21);2*1H. The van der Waals surface area contributed by atoms with Gasteiger partial charge in [0.15, 0.2) is 0 Å². The van der Waals surface area contributed by atoms with Crippen molar-refractivity contribution in [1.29, 1.82) is 0 Å². The molecule has 3 N–H and O–H groups in total. The second kappa shape index (κ2) is 12.7. The molecule has 0 aliphatic carbocycles. The smallest absolute Gasteiger partial charge is 0.246 e. The maximum Gasteiger partial charge on any atom is 0.246 e. The molecule has 0 bridgehead atoms. The molecule has 0 fully saturated rings. The Kier molecular flexibility index (Phi) is 11.8. The Bertz CT molecular complexity index is 580. The van der Waals surface area contributed by atoms with Gasteiger partial charge in [-0.15, -0.1) is 24.8 Å². The van der Waals surface area contributed by atoms with Gasteiger partial charge in [0.1, 0.15) is 0 Å². The summed E-state index contributed by atoms with van der Waals surface area (Å²) in [5.41, 5.74) is 6.25. The van der Waals surface area contributed by atoms with Gasteiger partial charge >= 0.3 is 0 Å². The molecule has 2 aromatic rings. The number of unbranched alkanes of at least 4 members (excludes halogenated alkanes) is 3. The molecule has 9 heteroatoms. The van der Waals surface area contributed by atoms with E-state index < -0.39 is 0 Å². The van der Waals surface area contributed by atoms with Crippen LogP contribution in [0.3, 0.4) is 0 Å². The number of carbonyl (C=O) groups excluding carboxylic acids is 1. The van der Waals surface area contributed by atoms with E-state index in [1.165, 1.54) is 0 Å². The van der Waals surface area contributed by atoms with Gasteiger partial charge in [-0.2, -0.15) is 4.98 Å². The summed E-state index contributed by atoms with van der Waals surface area (Å²) < 4.78 is 5.12. The van der Waals surface area contributed by atoms with Crippen LogP contribution in [0, 0.1) is 0 Å². The van der Waals surface area contributed by atoms with E-state index in [0.717, 1.165) is 31.2 Å². The molecule has 0 aliphatic rings. The molecule has 0 aromatic carbocycles. The fourth-order valence-corrected chi connectivity index (χ4v) is 1.99. The van der Waals surface area contributed by atoms with E-state index in [4.69, 9.17) is 10.3 Å². The number of carbonyl (C=O) groups is 1. The minimum atomic E-state index is -0.00332. The largest absolute Gasteiger partial charge is 0.347 e. The summed E-state index contributed by atoms with van der Waals surface area (Å²) in [5, 5.41) is 6.67. The van der Waals surface area contributed by atoms with Gasteiger partial charge < -0.3 is 15.6 Å². The van der Waals surface area contributed by atoms with Crippen LogP contribution in [0.5, 0.6) is 0 Å². The van der Waals surface area contributed by atoms with E-state index >= 15 is 0 Å². The summed E-state index contributed by atoms with van der Waals surface area (Å²) in [4.78, 5) is 19.9. The average molecular weight is 376 g/mol. The van der Waals surface area contributed by atoms with Crippen LogP contribution in [0.1, 0.15) is 38.0 Å². The molecule has 0 aliphatic heterocycles. The molecule has 2 heterocycles. The van der Waals surface area contributed by atoms with E-state index in [-0.39, 0.29) is 37.3 Å². The average Bonchev–Trinajstić information content (AvgIpc) is 3.02. The third-order valence-corrected chi connectivity index (χ3v) is 3.20. The van der Waals surface area contributed by atoms with Crippen LogP contribution >= 0.6 is 24.8 Å². The predicted molar refractivity (Wildman–Crippen MR) is 96.0 cm³/mol. The minimum absolute atomic E-state index is 0. The van der Waals surface area contributed by atoms with Gasteiger partial charge in [-0.1, -0.05) is 18.0 Å². The molecule has 7 nitrogen and oxygen atoms in total. The Balaban J connectivity index is 0.00000264. The topological polar surface area (TPSA) is 107 Å². The molecule has 1 amide bonds. The second-order valence-corrected chi connectivity index (χ2v) is 4.98. The van der Waals surface area contributed by atoms with Crippen LogP contribution in [-0.4, -0.2) is 27.6 Å². The van der Waals surface area contributed by atoms with Crippen molar-refractivity contribution in [2.45, 2.75) is 38.6 Å². The van der Waals surface area contributed by atoms with Crippen molar-refractivity contribution in [2.75, 3.05) is 6.54 Å². The van der Waals surface area contributed by atoms with Crippen LogP contribution in [0.15, 0.2) is 29.0 Å². The lowest BCUT2D eigenvalue weighted by molar-refractivity contribution is -0.121. The number of hydrogen-bond donors (Lipinski definition) is 2. The fraction of sp³-hybridized carbons (Fsp3) is 0.467. The Morgan fingerprint density at radius 1 is 1.12 bits per heavy atom. The molecular formula is C15H23Cl2N5O2. The number of aromatic nitrogens is 3. The highest BCUT2D eigenvalue weighted by molar-refractivity contribution is 5.85. The molecule has 2 aromatic heterocycles. The van der Waals surface area contributed by atoms with Crippen LogP contribution < -0.4 is 11.1 Å². The van der Waals surface area contributed by atoms with Crippen molar-refractivity contribution in [2.24, 2.45) is 5.73 Å². The number of rotatable bonds is 9. The Labute approximate surface area is 153 Å². The van der Waals surface area contributed by atoms with Gasteiger partial charge in [-0.3, -0.25) is 9.78 Å². The number of pyridine rings is 1. The van der Waals surface area contributed by atoms with E-state index in [1.54, 1.807) is 24.5 Å². The second-order valence-electron chi connectivity index (χ2n) is 4.98. The molecule has 0 saturated carbocycles. The fourth-order valence-electron chi connectivity index (χ4n) is 1.99. The van der Waals surface area contributed by atoms with E-state index in [0.29, 0.717) is 24.7 Å². The summed E-state index contributed by atoms with van der Waals surface area (Å²) in [6, 6.07) is 3.60. The third kappa shape index (κ3) is 7.72. The first-order valence-corrected chi connectivity index (χ1v) is 7.49. The molecule has 0 spiro atoms. The van der Waals surface area contributed by atoms with Crippen molar-refractivity contribution >= 4 is 30.7 Å². The summed E-state index contributed by atoms with van der Waals surface area (Å²) in [6.07, 6.45) is 7.82. The zero-order valence-electron chi connectivity index (χ0n) is 13.3. The summed E-state index contributed by atoms with van der Waals surface area (Å²) >= 11 is 0. The molecule has 0 atom stereocenters. The first-order chi connectivity index (χ1) is 10.8. The molecule has 0 unspecified atom stereocenters. The first kappa shape index (κ1) is 22.3. The summed E-state index contributed by atoms with van der Waals surface area (Å²) in [5.74, 6) is 0.883. The van der Waals surface area contributed by atoms with Crippen molar-refractivity contribution in [1.82, 2.24) is 20.4 Å². The summed E-state index contributed by atoms with van der Waals surface area (Å²) in [7, 11) is 0. The van der Waals surface area contributed by atoms with Crippen molar-refractivity contribution < 1.29 is 9.32 Å². The Morgan fingerprint density at radius 3 is 2.54 bits per heavy atom. The van der Waals surface area contributed by atoms with Crippen LogP contribution in [0.2, 0.25) is 0 Å². The molecular weight excluding hydrogens is 353 g/mol. The monoisotopic (exact) mass is 375 g/mol. The molecule has 0 radical (unpaired) electrons. The number of hydrogen-bond acceptors (Lipinski definition) is 6. The van der Waals surface area contributed by atoms with Crippen LogP contribution in [0.4, 0.5) is 0 Å². The number of halogens is 2. The SMILES string of the molecule is Cl.Cl.NCCCCCCC(=O)NCc1nc(-c2ccncc2)no1. The predicted octanol–water partition coefficient (Wildman–Crippen LogP) is 2.50. The molecule has 2 rings (SSSR count). The van der Waals surface area contributed by atoms with Gasteiger partial charge in [-0.25, -0.2) is 0 Å². The minimum Gasteiger partial charge on any atom is -0.347 e. The molecule has 134 valence electrons. The zero-order chi connectivity index (χ0) is 15.6. The van der Waals surface area contributed by atoms with Gasteiger partial charge in [0.05, 0.1) is 6.54 Å². The Morgan fingerprint density at radius 2 is 1.83 bits per heavy atom. The van der Waals surface area contributed by atoms with Gasteiger partial charge in [0.2, 0.25) is 17.6 Å². The van der Waals surface area contributed by atoms with Gasteiger partial charge in [0.25, 0.3) is 0 Å². The lowest BCUT2D eigenvalue weighted by atomic mass is 10.1. The molecule has 0 saturated heterocycles. The zero-order valence-corrected chi connectivity index (χ0v) is 14.9. The lowest BCUT2D eigenvalue weighted by Crippen LogP contribution is -2.22. The normalized spacial score (nSPS) is 9.71. The number of nitrogens with two attached hydrogens (primary N) is 1. The van der Waals surface area contributed by atoms with Crippen LogP contribution in [0.25, 0.3) is 11.4 Å². The van der Waals surface area contributed by atoms with Crippen molar-refractivity contribution in [3.63, 3.8) is 0 Å². The Hall–Kier alpha value is -1.70. The van der Waals surface area contributed by atoms with Gasteiger partial charge in [-0.05, 0) is 31.5 Å². The van der Waals surface area contributed by atoms with Crippen molar-refractivity contribution in [3.05, 3.63) is 30.4 Å². The quantitative estimate of drug-likeness (QED) is 0.651. The maximum atomic E-state index is 11.7. The van der Waals surface area contributed by atoms with Crippen LogP contribution in [-0.2, 0) is 11.3 Å². The van der Waals surface area contributed by atoms with E-state index in [1.807, 2.05) is 0 Å².